The standard InChI is InChI=1S/C24H29N3O6S/c1-18-4-3-5-20(14-18)16-26-10-12-27(13-11-26)23(29)17-33-24(30)15-25-34(31,32)22-8-6-21(7-9-22)19(2)28/h3-9,14,25H,10-13,15-17H2,1-2H3. The van der Waals surface area contributed by atoms with Crippen LogP contribution in [0, 0.1) is 6.92 Å². The van der Waals surface area contributed by atoms with Crippen LogP contribution < -0.4 is 4.72 Å². The second-order valence-electron chi connectivity index (χ2n) is 8.21. The number of carbonyl (C=O) groups excluding carboxylic acids is 3. The third-order valence-corrected chi connectivity index (χ3v) is 6.97. The molecule has 1 heterocycles. The highest BCUT2D eigenvalue weighted by Crippen LogP contribution is 2.12. The molecular weight excluding hydrogens is 458 g/mol. The van der Waals surface area contributed by atoms with Crippen LogP contribution in [0.5, 0.6) is 0 Å². The van der Waals surface area contributed by atoms with Crippen molar-refractivity contribution >= 4 is 27.7 Å². The summed E-state index contributed by atoms with van der Waals surface area (Å²) in [5.41, 5.74) is 2.82. The van der Waals surface area contributed by atoms with Gasteiger partial charge in [-0.25, -0.2) is 8.42 Å². The van der Waals surface area contributed by atoms with Crippen molar-refractivity contribution in [3.05, 3.63) is 65.2 Å². The maximum atomic E-state index is 12.4. The van der Waals surface area contributed by atoms with Crippen molar-refractivity contribution in [1.29, 1.82) is 0 Å². The molecule has 0 aromatic heterocycles. The molecule has 0 unspecified atom stereocenters. The van der Waals surface area contributed by atoms with Gasteiger partial charge in [0.2, 0.25) is 10.0 Å². The van der Waals surface area contributed by atoms with Crippen molar-refractivity contribution in [2.75, 3.05) is 39.3 Å². The van der Waals surface area contributed by atoms with Gasteiger partial charge in [0, 0.05) is 38.3 Å². The third kappa shape index (κ3) is 7.21. The van der Waals surface area contributed by atoms with Gasteiger partial charge in [-0.15, -0.1) is 0 Å². The van der Waals surface area contributed by atoms with Gasteiger partial charge in [-0.1, -0.05) is 42.0 Å². The summed E-state index contributed by atoms with van der Waals surface area (Å²) in [5.74, 6) is -1.35. The van der Waals surface area contributed by atoms with E-state index in [1.807, 2.05) is 6.07 Å². The van der Waals surface area contributed by atoms with E-state index in [9.17, 15) is 22.8 Å². The monoisotopic (exact) mass is 487 g/mol. The number of nitrogens with zero attached hydrogens (tertiary/aromatic N) is 2. The lowest BCUT2D eigenvalue weighted by Crippen LogP contribution is -2.49. The molecule has 10 heteroatoms. The number of benzene rings is 2. The van der Waals surface area contributed by atoms with Crippen LogP contribution >= 0.6 is 0 Å². The molecule has 1 fully saturated rings. The van der Waals surface area contributed by atoms with E-state index in [0.29, 0.717) is 18.7 Å². The number of ketones is 1. The van der Waals surface area contributed by atoms with E-state index in [1.54, 1.807) is 4.90 Å². The van der Waals surface area contributed by atoms with Gasteiger partial charge in [0.15, 0.2) is 12.4 Å². The fourth-order valence-corrected chi connectivity index (χ4v) is 4.58. The summed E-state index contributed by atoms with van der Waals surface area (Å²) in [5, 5.41) is 0. The average molecular weight is 488 g/mol. The minimum Gasteiger partial charge on any atom is -0.455 e. The molecule has 1 aliphatic rings. The van der Waals surface area contributed by atoms with Crippen molar-refractivity contribution in [3.8, 4) is 0 Å². The molecule has 0 atom stereocenters. The summed E-state index contributed by atoms with van der Waals surface area (Å²) in [6.07, 6.45) is 0. The van der Waals surface area contributed by atoms with Crippen molar-refractivity contribution in [2.24, 2.45) is 0 Å². The normalized spacial score (nSPS) is 14.6. The van der Waals surface area contributed by atoms with Crippen LogP contribution in [0.2, 0.25) is 0 Å². The summed E-state index contributed by atoms with van der Waals surface area (Å²) in [4.78, 5) is 39.5. The zero-order valence-corrected chi connectivity index (χ0v) is 20.1. The molecule has 2 aromatic carbocycles. The zero-order valence-electron chi connectivity index (χ0n) is 19.3. The lowest BCUT2D eigenvalue weighted by molar-refractivity contribution is -0.151. The zero-order chi connectivity index (χ0) is 24.7. The molecule has 1 saturated heterocycles. The molecule has 0 bridgehead atoms. The highest BCUT2D eigenvalue weighted by molar-refractivity contribution is 7.89. The molecule has 1 aliphatic heterocycles. The molecular formula is C24H29N3O6S. The van der Waals surface area contributed by atoms with E-state index in [0.717, 1.165) is 19.6 Å². The largest absolute Gasteiger partial charge is 0.455 e. The molecule has 0 radical (unpaired) electrons. The minimum atomic E-state index is -3.95. The molecule has 1 amide bonds. The molecule has 34 heavy (non-hydrogen) atoms. The van der Waals surface area contributed by atoms with Crippen LogP contribution in [-0.4, -0.2) is 75.2 Å². The predicted octanol–water partition coefficient (Wildman–Crippen LogP) is 1.36. The van der Waals surface area contributed by atoms with Gasteiger partial charge >= 0.3 is 5.97 Å². The lowest BCUT2D eigenvalue weighted by Gasteiger charge is -2.34. The molecule has 0 aliphatic carbocycles. The Morgan fingerprint density at radius 1 is 1.00 bits per heavy atom. The number of ether oxygens (including phenoxy) is 1. The number of Topliss-reactive ketones (excluding diaryl/α,β-unsaturated/α-hetero) is 1. The lowest BCUT2D eigenvalue weighted by atomic mass is 10.1. The van der Waals surface area contributed by atoms with E-state index in [1.165, 1.54) is 42.3 Å². The predicted molar refractivity (Wildman–Crippen MR) is 126 cm³/mol. The van der Waals surface area contributed by atoms with Gasteiger partial charge in [0.1, 0.15) is 6.54 Å². The number of carbonyl (C=O) groups is 3. The number of piperazine rings is 1. The number of hydrogen-bond donors (Lipinski definition) is 1. The molecule has 2 aromatic rings. The van der Waals surface area contributed by atoms with Gasteiger partial charge in [0.05, 0.1) is 4.90 Å². The maximum absolute atomic E-state index is 12.4. The highest BCUT2D eigenvalue weighted by Gasteiger charge is 2.23. The number of rotatable bonds is 9. The van der Waals surface area contributed by atoms with Crippen LogP contribution in [0.25, 0.3) is 0 Å². The smallest absolute Gasteiger partial charge is 0.321 e. The Bertz CT molecular complexity index is 1140. The number of aryl methyl sites for hydroxylation is 1. The fraction of sp³-hybridized carbons (Fsp3) is 0.375. The molecule has 0 spiro atoms. The molecule has 1 N–H and O–H groups in total. The summed E-state index contributed by atoms with van der Waals surface area (Å²) in [6.45, 7) is 5.71. The second-order valence-corrected chi connectivity index (χ2v) is 9.98. The van der Waals surface area contributed by atoms with Crippen LogP contribution in [-0.2, 0) is 30.9 Å². The van der Waals surface area contributed by atoms with Crippen molar-refractivity contribution in [3.63, 3.8) is 0 Å². The topological polar surface area (TPSA) is 113 Å². The van der Waals surface area contributed by atoms with Gasteiger partial charge < -0.3 is 9.64 Å². The first-order chi connectivity index (χ1) is 16.1. The van der Waals surface area contributed by atoms with Crippen LogP contribution in [0.4, 0.5) is 0 Å². The van der Waals surface area contributed by atoms with Gasteiger partial charge in [0.25, 0.3) is 5.91 Å². The van der Waals surface area contributed by atoms with E-state index < -0.39 is 29.1 Å². The quantitative estimate of drug-likeness (QED) is 0.420. The Morgan fingerprint density at radius 3 is 2.29 bits per heavy atom. The van der Waals surface area contributed by atoms with E-state index in [-0.39, 0.29) is 16.6 Å². The first-order valence-electron chi connectivity index (χ1n) is 11.0. The van der Waals surface area contributed by atoms with Crippen LogP contribution in [0.15, 0.2) is 53.4 Å². The fourth-order valence-electron chi connectivity index (χ4n) is 3.61. The van der Waals surface area contributed by atoms with E-state index in [2.05, 4.69) is 34.7 Å². The Hall–Kier alpha value is -3.08. The van der Waals surface area contributed by atoms with Crippen LogP contribution in [0.3, 0.4) is 0 Å². The average Bonchev–Trinajstić information content (AvgIpc) is 2.82. The van der Waals surface area contributed by atoms with Gasteiger partial charge in [-0.05, 0) is 31.5 Å². The number of esters is 1. The highest BCUT2D eigenvalue weighted by atomic mass is 32.2. The first-order valence-corrected chi connectivity index (χ1v) is 12.4. The summed E-state index contributed by atoms with van der Waals surface area (Å²) < 4.78 is 31.7. The maximum Gasteiger partial charge on any atom is 0.321 e. The second kappa shape index (κ2) is 11.4. The number of sulfonamides is 1. The minimum absolute atomic E-state index is 0.0788. The Balaban J connectivity index is 1.39. The molecule has 9 nitrogen and oxygen atoms in total. The SMILES string of the molecule is CC(=O)c1ccc(S(=O)(=O)NCC(=O)OCC(=O)N2CCN(Cc3cccc(C)c3)CC2)cc1. The molecule has 182 valence electrons. The van der Waals surface area contributed by atoms with Crippen molar-refractivity contribution < 1.29 is 27.5 Å². The Labute approximate surface area is 199 Å². The van der Waals surface area contributed by atoms with Crippen LogP contribution in [0.1, 0.15) is 28.4 Å². The Morgan fingerprint density at radius 2 is 1.68 bits per heavy atom. The third-order valence-electron chi connectivity index (χ3n) is 5.55. The summed E-state index contributed by atoms with van der Waals surface area (Å²) in [6, 6.07) is 13.7. The number of nitrogens with one attached hydrogen (secondary N) is 1. The van der Waals surface area contributed by atoms with Crippen molar-refractivity contribution in [2.45, 2.75) is 25.3 Å². The Kier molecular flexibility index (Phi) is 8.54. The van der Waals surface area contributed by atoms with E-state index >= 15 is 0 Å². The number of amides is 1. The van der Waals surface area contributed by atoms with Gasteiger partial charge in [-0.2, -0.15) is 4.72 Å². The molecule has 0 saturated carbocycles. The number of hydrogen-bond acceptors (Lipinski definition) is 7. The molecule has 3 rings (SSSR count). The van der Waals surface area contributed by atoms with Gasteiger partial charge in [-0.3, -0.25) is 19.3 Å². The van der Waals surface area contributed by atoms with E-state index in [4.69, 9.17) is 4.74 Å². The first kappa shape index (κ1) is 25.5. The summed E-state index contributed by atoms with van der Waals surface area (Å²) >= 11 is 0. The van der Waals surface area contributed by atoms with Crippen molar-refractivity contribution in [1.82, 2.24) is 14.5 Å². The summed E-state index contributed by atoms with van der Waals surface area (Å²) in [7, 11) is -3.95.